The van der Waals surface area contributed by atoms with E-state index in [4.69, 9.17) is 4.74 Å². The molecule has 2 aromatic rings. The summed E-state index contributed by atoms with van der Waals surface area (Å²) in [5.41, 5.74) is 1.85. The number of ketones is 1. The molecule has 2 nitrogen and oxygen atoms in total. The lowest BCUT2D eigenvalue weighted by Gasteiger charge is -2.10. The van der Waals surface area contributed by atoms with Gasteiger partial charge in [0, 0.05) is 10.9 Å². The van der Waals surface area contributed by atoms with Gasteiger partial charge in [-0.1, -0.05) is 46.3 Å². The number of carbonyl (C=O) groups excluding carboxylic acids is 1. The molecule has 0 saturated heterocycles. The third kappa shape index (κ3) is 3.93. The van der Waals surface area contributed by atoms with Crippen LogP contribution in [0.15, 0.2) is 53.0 Å². The summed E-state index contributed by atoms with van der Waals surface area (Å²) in [5, 5.41) is 0. The second-order valence-electron chi connectivity index (χ2n) is 4.28. The second kappa shape index (κ2) is 6.53. The van der Waals surface area contributed by atoms with Gasteiger partial charge in [0.1, 0.15) is 5.75 Å². The number of hydrogen-bond acceptors (Lipinski definition) is 2. The lowest BCUT2D eigenvalue weighted by molar-refractivity contribution is 0.101. The van der Waals surface area contributed by atoms with Gasteiger partial charge in [-0.3, -0.25) is 4.79 Å². The first kappa shape index (κ1) is 13.8. The van der Waals surface area contributed by atoms with Crippen LogP contribution in [0.25, 0.3) is 0 Å². The first-order valence-corrected chi connectivity index (χ1v) is 6.93. The molecule has 2 rings (SSSR count). The molecule has 0 aliphatic carbocycles. The molecule has 19 heavy (non-hydrogen) atoms. The van der Waals surface area contributed by atoms with E-state index in [1.807, 2.05) is 30.3 Å². The highest BCUT2D eigenvalue weighted by molar-refractivity contribution is 9.10. The third-order valence-corrected chi connectivity index (χ3v) is 3.31. The first-order chi connectivity index (χ1) is 9.16. The van der Waals surface area contributed by atoms with Crippen LogP contribution in [-0.2, 0) is 6.42 Å². The van der Waals surface area contributed by atoms with E-state index in [1.165, 1.54) is 5.56 Å². The first-order valence-electron chi connectivity index (χ1n) is 6.14. The second-order valence-corrected chi connectivity index (χ2v) is 5.20. The van der Waals surface area contributed by atoms with E-state index >= 15 is 0 Å². The highest BCUT2D eigenvalue weighted by atomic mass is 79.9. The van der Waals surface area contributed by atoms with Crippen LogP contribution in [0.4, 0.5) is 0 Å². The van der Waals surface area contributed by atoms with Gasteiger partial charge in [-0.05, 0) is 30.7 Å². The molecule has 0 fully saturated rings. The average Bonchev–Trinajstić information content (AvgIpc) is 2.39. The average molecular weight is 319 g/mol. The SMILES string of the molecule is CC(=O)c1ccc(Br)cc1OCCc1ccccc1. The van der Waals surface area contributed by atoms with Gasteiger partial charge in [-0.2, -0.15) is 0 Å². The van der Waals surface area contributed by atoms with Gasteiger partial charge < -0.3 is 4.74 Å². The Morgan fingerprint density at radius 3 is 2.58 bits per heavy atom. The predicted octanol–water partition coefficient (Wildman–Crippen LogP) is 4.27. The van der Waals surface area contributed by atoms with Gasteiger partial charge in [0.15, 0.2) is 5.78 Å². The topological polar surface area (TPSA) is 26.3 Å². The summed E-state index contributed by atoms with van der Waals surface area (Å²) in [6.07, 6.45) is 0.824. The Labute approximate surface area is 121 Å². The molecule has 0 aliphatic rings. The molecule has 0 bridgehead atoms. The Morgan fingerprint density at radius 2 is 1.89 bits per heavy atom. The van der Waals surface area contributed by atoms with Crippen molar-refractivity contribution in [3.63, 3.8) is 0 Å². The monoisotopic (exact) mass is 318 g/mol. The molecule has 0 atom stereocenters. The minimum Gasteiger partial charge on any atom is -0.492 e. The van der Waals surface area contributed by atoms with E-state index in [2.05, 4.69) is 28.1 Å². The molecule has 0 heterocycles. The highest BCUT2D eigenvalue weighted by Crippen LogP contribution is 2.24. The Hall–Kier alpha value is -1.61. The van der Waals surface area contributed by atoms with Gasteiger partial charge in [-0.15, -0.1) is 0 Å². The quantitative estimate of drug-likeness (QED) is 0.769. The number of carbonyl (C=O) groups is 1. The van der Waals surface area contributed by atoms with Crippen LogP contribution in [0, 0.1) is 0 Å². The van der Waals surface area contributed by atoms with Crippen LogP contribution in [0.3, 0.4) is 0 Å². The fourth-order valence-electron chi connectivity index (χ4n) is 1.83. The molecule has 0 amide bonds. The zero-order chi connectivity index (χ0) is 13.7. The van der Waals surface area contributed by atoms with Crippen LogP contribution < -0.4 is 4.74 Å². The summed E-state index contributed by atoms with van der Waals surface area (Å²) >= 11 is 3.39. The van der Waals surface area contributed by atoms with Crippen LogP contribution >= 0.6 is 15.9 Å². The summed E-state index contributed by atoms with van der Waals surface area (Å²) in [4.78, 5) is 11.5. The molecular formula is C16H15BrO2. The van der Waals surface area contributed by atoms with Crippen LogP contribution in [0.1, 0.15) is 22.8 Å². The third-order valence-electron chi connectivity index (χ3n) is 2.81. The zero-order valence-electron chi connectivity index (χ0n) is 10.7. The van der Waals surface area contributed by atoms with Gasteiger partial charge in [0.2, 0.25) is 0 Å². The fourth-order valence-corrected chi connectivity index (χ4v) is 2.17. The van der Waals surface area contributed by atoms with Gasteiger partial charge in [0.05, 0.1) is 12.2 Å². The van der Waals surface area contributed by atoms with E-state index in [0.29, 0.717) is 17.9 Å². The maximum Gasteiger partial charge on any atom is 0.163 e. The van der Waals surface area contributed by atoms with Crippen molar-refractivity contribution in [3.8, 4) is 5.75 Å². The van der Waals surface area contributed by atoms with Crippen molar-refractivity contribution in [3.05, 3.63) is 64.1 Å². The molecule has 0 radical (unpaired) electrons. The number of ether oxygens (including phenoxy) is 1. The molecule has 0 N–H and O–H groups in total. The number of rotatable bonds is 5. The summed E-state index contributed by atoms with van der Waals surface area (Å²) < 4.78 is 6.64. The number of halogens is 1. The van der Waals surface area contributed by atoms with Crippen molar-refractivity contribution in [2.24, 2.45) is 0 Å². The fraction of sp³-hybridized carbons (Fsp3) is 0.188. The maximum absolute atomic E-state index is 11.5. The highest BCUT2D eigenvalue weighted by Gasteiger charge is 2.08. The molecule has 0 unspecified atom stereocenters. The molecule has 3 heteroatoms. The molecule has 0 aliphatic heterocycles. The van der Waals surface area contributed by atoms with Gasteiger partial charge >= 0.3 is 0 Å². The van der Waals surface area contributed by atoms with Gasteiger partial charge in [0.25, 0.3) is 0 Å². The summed E-state index contributed by atoms with van der Waals surface area (Å²) in [5.74, 6) is 0.653. The maximum atomic E-state index is 11.5. The minimum absolute atomic E-state index is 0.0159. The number of benzene rings is 2. The van der Waals surface area contributed by atoms with E-state index < -0.39 is 0 Å². The Bertz CT molecular complexity index is 564. The van der Waals surface area contributed by atoms with E-state index in [0.717, 1.165) is 10.9 Å². The number of hydrogen-bond donors (Lipinski definition) is 0. The van der Waals surface area contributed by atoms with E-state index in [9.17, 15) is 4.79 Å². The normalized spacial score (nSPS) is 10.2. The van der Waals surface area contributed by atoms with Crippen LogP contribution in [0.5, 0.6) is 5.75 Å². The molecule has 0 spiro atoms. The van der Waals surface area contributed by atoms with E-state index in [-0.39, 0.29) is 5.78 Å². The van der Waals surface area contributed by atoms with Crippen LogP contribution in [-0.4, -0.2) is 12.4 Å². The van der Waals surface area contributed by atoms with Crippen molar-refractivity contribution >= 4 is 21.7 Å². The molecular weight excluding hydrogens is 304 g/mol. The lowest BCUT2D eigenvalue weighted by Crippen LogP contribution is -2.05. The molecule has 0 saturated carbocycles. The largest absolute Gasteiger partial charge is 0.492 e. The standard InChI is InChI=1S/C16H15BrO2/c1-12(18)15-8-7-14(17)11-16(15)19-10-9-13-5-3-2-4-6-13/h2-8,11H,9-10H2,1H3. The van der Waals surface area contributed by atoms with Crippen LogP contribution in [0.2, 0.25) is 0 Å². The summed E-state index contributed by atoms with van der Waals surface area (Å²) in [6, 6.07) is 15.6. The van der Waals surface area contributed by atoms with Gasteiger partial charge in [-0.25, -0.2) is 0 Å². The Balaban J connectivity index is 2.03. The van der Waals surface area contributed by atoms with Crippen molar-refractivity contribution in [1.82, 2.24) is 0 Å². The predicted molar refractivity (Wildman–Crippen MR) is 79.8 cm³/mol. The van der Waals surface area contributed by atoms with Crippen molar-refractivity contribution in [2.75, 3.05) is 6.61 Å². The Morgan fingerprint density at radius 1 is 1.16 bits per heavy atom. The Kier molecular flexibility index (Phi) is 4.74. The zero-order valence-corrected chi connectivity index (χ0v) is 12.3. The van der Waals surface area contributed by atoms with Crippen molar-refractivity contribution in [2.45, 2.75) is 13.3 Å². The van der Waals surface area contributed by atoms with Crippen molar-refractivity contribution < 1.29 is 9.53 Å². The summed E-state index contributed by atoms with van der Waals surface area (Å²) in [7, 11) is 0. The smallest absolute Gasteiger partial charge is 0.163 e. The van der Waals surface area contributed by atoms with Crippen molar-refractivity contribution in [1.29, 1.82) is 0 Å². The molecule has 98 valence electrons. The lowest BCUT2D eigenvalue weighted by atomic mass is 10.1. The molecule has 0 aromatic heterocycles. The summed E-state index contributed by atoms with van der Waals surface area (Å²) in [6.45, 7) is 2.11. The van der Waals surface area contributed by atoms with E-state index in [1.54, 1.807) is 13.0 Å². The number of Topliss-reactive ketones (excluding diaryl/α,β-unsaturated/α-hetero) is 1. The minimum atomic E-state index is 0.0159. The molecule has 2 aromatic carbocycles.